The zero-order valence-electron chi connectivity index (χ0n) is 10.8. The van der Waals surface area contributed by atoms with Crippen molar-refractivity contribution in [2.24, 2.45) is 0 Å². The average Bonchev–Trinajstić information content (AvgIpc) is 2.94. The summed E-state index contributed by atoms with van der Waals surface area (Å²) in [5, 5.41) is 30.4. The van der Waals surface area contributed by atoms with E-state index in [1.807, 2.05) is 0 Å². The van der Waals surface area contributed by atoms with Crippen molar-refractivity contribution >= 4 is 11.6 Å². The number of likely N-dealkylation sites (tertiary alicyclic amines) is 1. The van der Waals surface area contributed by atoms with Crippen molar-refractivity contribution in [2.75, 3.05) is 19.7 Å². The number of β-amino-alcohol motifs (C(OH)–C–C–N with tert-alkyl or cyclic N) is 1. The molecule has 2 N–H and O–H groups in total. The van der Waals surface area contributed by atoms with E-state index in [4.69, 9.17) is 0 Å². The van der Waals surface area contributed by atoms with Crippen LogP contribution in [0.25, 0.3) is 5.65 Å². The maximum absolute atomic E-state index is 12.4. The fraction of sp³-hybridized carbons (Fsp3) is 0.500. The van der Waals surface area contributed by atoms with Crippen LogP contribution in [0, 0.1) is 0 Å². The predicted molar refractivity (Wildman–Crippen MR) is 68.0 cm³/mol. The number of hydrogen-bond acceptors (Lipinski definition) is 6. The first-order chi connectivity index (χ1) is 9.61. The molecule has 0 aliphatic carbocycles. The summed E-state index contributed by atoms with van der Waals surface area (Å²) in [5.41, 5.74) is -0.242. The third-order valence-electron chi connectivity index (χ3n) is 3.58. The minimum atomic E-state index is -1.20. The quantitative estimate of drug-likeness (QED) is 0.736. The van der Waals surface area contributed by atoms with Crippen LogP contribution in [0.5, 0.6) is 0 Å². The molecule has 2 aromatic heterocycles. The zero-order chi connectivity index (χ0) is 14.2. The van der Waals surface area contributed by atoms with Gasteiger partial charge < -0.3 is 15.1 Å². The van der Waals surface area contributed by atoms with Crippen molar-refractivity contribution in [3.05, 3.63) is 23.9 Å². The second kappa shape index (κ2) is 4.80. The standard InChI is InChI=1S/C12H15N5O3/c18-8-12(20)3-1-4-16(7-12)11(19)9-2-5-17-10(6-9)13-14-15-17/h2,5-6,18,20H,1,3-4,7-8H2/t12-/m1/s1. The molecule has 20 heavy (non-hydrogen) atoms. The van der Waals surface area contributed by atoms with Crippen molar-refractivity contribution in [3.63, 3.8) is 0 Å². The molecule has 0 radical (unpaired) electrons. The van der Waals surface area contributed by atoms with Crippen molar-refractivity contribution < 1.29 is 15.0 Å². The molecule has 0 aromatic carbocycles. The molecule has 0 unspecified atom stereocenters. The van der Waals surface area contributed by atoms with E-state index in [1.54, 1.807) is 23.2 Å². The molecular formula is C12H15N5O3. The Morgan fingerprint density at radius 1 is 1.50 bits per heavy atom. The summed E-state index contributed by atoms with van der Waals surface area (Å²) < 4.78 is 1.47. The van der Waals surface area contributed by atoms with Gasteiger partial charge in [-0.05, 0) is 35.4 Å². The minimum Gasteiger partial charge on any atom is -0.393 e. The molecule has 1 aliphatic heterocycles. The highest BCUT2D eigenvalue weighted by Crippen LogP contribution is 2.22. The van der Waals surface area contributed by atoms with Crippen LogP contribution in [0.1, 0.15) is 23.2 Å². The zero-order valence-corrected chi connectivity index (χ0v) is 10.8. The van der Waals surface area contributed by atoms with Crippen molar-refractivity contribution in [1.29, 1.82) is 0 Å². The van der Waals surface area contributed by atoms with Gasteiger partial charge in [0.15, 0.2) is 5.65 Å². The van der Waals surface area contributed by atoms with Crippen LogP contribution in [-0.2, 0) is 0 Å². The Morgan fingerprint density at radius 3 is 3.15 bits per heavy atom. The number of carbonyl (C=O) groups is 1. The Kier molecular flexibility index (Phi) is 3.11. The average molecular weight is 277 g/mol. The van der Waals surface area contributed by atoms with Gasteiger partial charge in [-0.3, -0.25) is 4.79 Å². The molecule has 8 heteroatoms. The van der Waals surface area contributed by atoms with E-state index in [2.05, 4.69) is 15.5 Å². The number of pyridine rings is 1. The maximum atomic E-state index is 12.4. The van der Waals surface area contributed by atoms with Gasteiger partial charge in [-0.15, -0.1) is 5.10 Å². The Balaban J connectivity index is 1.84. The fourth-order valence-electron chi connectivity index (χ4n) is 2.47. The number of carbonyl (C=O) groups excluding carboxylic acids is 1. The lowest BCUT2D eigenvalue weighted by molar-refractivity contribution is -0.0598. The number of aliphatic hydroxyl groups is 2. The number of piperidine rings is 1. The summed E-state index contributed by atoms with van der Waals surface area (Å²) >= 11 is 0. The van der Waals surface area contributed by atoms with Crippen LogP contribution in [0.3, 0.4) is 0 Å². The number of tetrazole rings is 1. The third kappa shape index (κ3) is 2.23. The van der Waals surface area contributed by atoms with Crippen LogP contribution >= 0.6 is 0 Å². The van der Waals surface area contributed by atoms with Gasteiger partial charge >= 0.3 is 0 Å². The Morgan fingerprint density at radius 2 is 2.35 bits per heavy atom. The van der Waals surface area contributed by atoms with Crippen molar-refractivity contribution in [2.45, 2.75) is 18.4 Å². The normalized spacial score (nSPS) is 23.2. The van der Waals surface area contributed by atoms with E-state index in [0.717, 1.165) is 0 Å². The van der Waals surface area contributed by atoms with Gasteiger partial charge in [-0.25, -0.2) is 4.52 Å². The molecule has 3 heterocycles. The molecule has 106 valence electrons. The van der Waals surface area contributed by atoms with E-state index in [9.17, 15) is 15.0 Å². The van der Waals surface area contributed by atoms with Crippen LogP contribution in [0.15, 0.2) is 18.3 Å². The molecule has 1 amide bonds. The van der Waals surface area contributed by atoms with Crippen LogP contribution in [0.4, 0.5) is 0 Å². The number of hydrogen-bond donors (Lipinski definition) is 2. The lowest BCUT2D eigenvalue weighted by Crippen LogP contribution is -2.52. The number of aliphatic hydroxyl groups excluding tert-OH is 1. The Labute approximate surface area is 114 Å². The van der Waals surface area contributed by atoms with Gasteiger partial charge in [0, 0.05) is 18.3 Å². The third-order valence-corrected chi connectivity index (χ3v) is 3.58. The molecule has 2 aromatic rings. The summed E-state index contributed by atoms with van der Waals surface area (Å²) in [6, 6.07) is 3.24. The maximum Gasteiger partial charge on any atom is 0.254 e. The molecule has 0 bridgehead atoms. The van der Waals surface area contributed by atoms with Gasteiger partial charge in [-0.2, -0.15) is 0 Å². The number of fused-ring (bicyclic) bond motifs is 1. The largest absolute Gasteiger partial charge is 0.393 e. The lowest BCUT2D eigenvalue weighted by Gasteiger charge is -2.38. The smallest absolute Gasteiger partial charge is 0.254 e. The van der Waals surface area contributed by atoms with Crippen molar-refractivity contribution in [3.8, 4) is 0 Å². The first-order valence-electron chi connectivity index (χ1n) is 6.42. The molecule has 0 saturated carbocycles. The fourth-order valence-corrected chi connectivity index (χ4v) is 2.47. The molecule has 1 atom stereocenters. The van der Waals surface area contributed by atoms with Crippen LogP contribution < -0.4 is 0 Å². The van der Waals surface area contributed by atoms with Crippen molar-refractivity contribution in [1.82, 2.24) is 24.9 Å². The summed E-state index contributed by atoms with van der Waals surface area (Å²) in [6.07, 6.45) is 2.78. The first kappa shape index (κ1) is 12.9. The van der Waals surface area contributed by atoms with Crippen LogP contribution in [-0.4, -0.2) is 66.4 Å². The highest BCUT2D eigenvalue weighted by molar-refractivity contribution is 5.95. The van der Waals surface area contributed by atoms with E-state index in [1.165, 1.54) is 4.52 Å². The molecule has 1 saturated heterocycles. The molecule has 1 aliphatic rings. The number of rotatable bonds is 2. The summed E-state index contributed by atoms with van der Waals surface area (Å²) in [4.78, 5) is 14.0. The van der Waals surface area contributed by atoms with Gasteiger partial charge in [0.2, 0.25) is 0 Å². The summed E-state index contributed by atoms with van der Waals surface area (Å²) in [7, 11) is 0. The first-order valence-corrected chi connectivity index (χ1v) is 6.42. The predicted octanol–water partition coefficient (Wildman–Crippen LogP) is -0.916. The highest BCUT2D eigenvalue weighted by atomic mass is 16.3. The SMILES string of the molecule is O=C(c1ccn2nnnc2c1)N1CCC[C@](O)(CO)C1. The monoisotopic (exact) mass is 277 g/mol. The molecular weight excluding hydrogens is 262 g/mol. The molecule has 8 nitrogen and oxygen atoms in total. The summed E-state index contributed by atoms with van der Waals surface area (Å²) in [5.74, 6) is -0.193. The topological polar surface area (TPSA) is 104 Å². The van der Waals surface area contributed by atoms with Gasteiger partial charge in [-0.1, -0.05) is 0 Å². The molecule has 0 spiro atoms. The lowest BCUT2D eigenvalue weighted by atomic mass is 9.93. The number of nitrogens with zero attached hydrogens (tertiary/aromatic N) is 5. The van der Waals surface area contributed by atoms with Crippen LogP contribution in [0.2, 0.25) is 0 Å². The Hall–Kier alpha value is -2.06. The van der Waals surface area contributed by atoms with E-state index < -0.39 is 5.60 Å². The number of amides is 1. The van der Waals surface area contributed by atoms with E-state index in [-0.39, 0.29) is 19.1 Å². The van der Waals surface area contributed by atoms with Gasteiger partial charge in [0.1, 0.15) is 5.60 Å². The molecule has 1 fully saturated rings. The minimum absolute atomic E-state index is 0.137. The van der Waals surface area contributed by atoms with Gasteiger partial charge in [0.05, 0.1) is 13.2 Å². The molecule has 3 rings (SSSR count). The highest BCUT2D eigenvalue weighted by Gasteiger charge is 2.34. The Bertz CT molecular complexity index is 643. The van der Waals surface area contributed by atoms with Gasteiger partial charge in [0.25, 0.3) is 5.91 Å². The summed E-state index contributed by atoms with van der Waals surface area (Å²) in [6.45, 7) is 0.361. The second-order valence-electron chi connectivity index (χ2n) is 5.11. The van der Waals surface area contributed by atoms with E-state index in [0.29, 0.717) is 30.6 Å². The van der Waals surface area contributed by atoms with E-state index >= 15 is 0 Å². The number of aromatic nitrogens is 4. The second-order valence-corrected chi connectivity index (χ2v) is 5.11.